The second-order valence-corrected chi connectivity index (χ2v) is 10.5. The number of rotatable bonds is 9. The van der Waals surface area contributed by atoms with Crippen LogP contribution in [0.1, 0.15) is 18.1 Å². The van der Waals surface area contributed by atoms with Crippen LogP contribution >= 0.6 is 15.9 Å². The van der Waals surface area contributed by atoms with Crippen molar-refractivity contribution in [2.45, 2.75) is 13.5 Å². The zero-order chi connectivity index (χ0) is 30.8. The molecule has 220 valence electrons. The van der Waals surface area contributed by atoms with Crippen LogP contribution in [-0.4, -0.2) is 27.4 Å². The molecule has 0 aliphatic rings. The van der Waals surface area contributed by atoms with Crippen molar-refractivity contribution in [2.75, 3.05) is 6.61 Å². The first-order chi connectivity index (χ1) is 21.3. The quantitative estimate of drug-likeness (QED) is 0.0898. The number of nitrogens with zero attached hydrogens (tertiary/aromatic N) is 4. The number of hydrogen-bond donors (Lipinski definition) is 0. The van der Waals surface area contributed by atoms with Crippen molar-refractivity contribution in [3.05, 3.63) is 127 Å². The van der Waals surface area contributed by atoms with Crippen molar-refractivity contribution in [1.82, 2.24) is 9.66 Å². The molecule has 0 amide bonds. The number of fused-ring (bicyclic) bond motifs is 2. The highest BCUT2D eigenvalue weighted by Crippen LogP contribution is 2.39. The first-order valence-corrected chi connectivity index (χ1v) is 14.2. The van der Waals surface area contributed by atoms with Crippen LogP contribution in [0, 0.1) is 15.9 Å². The normalized spacial score (nSPS) is 11.4. The minimum atomic E-state index is -0.627. The molecule has 0 N–H and O–H groups in total. The molecule has 2 aromatic heterocycles. The zero-order valence-corrected chi connectivity index (χ0v) is 24.7. The van der Waals surface area contributed by atoms with E-state index < -0.39 is 22.0 Å². The van der Waals surface area contributed by atoms with Gasteiger partial charge in [0.1, 0.15) is 18.0 Å². The molecular formula is C32H22BrFN4O6. The van der Waals surface area contributed by atoms with Crippen LogP contribution in [0.3, 0.4) is 0 Å². The van der Waals surface area contributed by atoms with Gasteiger partial charge in [0.25, 0.3) is 5.56 Å². The van der Waals surface area contributed by atoms with Gasteiger partial charge in [-0.1, -0.05) is 46.3 Å². The smallest absolute Gasteiger partial charge is 0.315 e. The maximum absolute atomic E-state index is 14.2. The average Bonchev–Trinajstić information content (AvgIpc) is 3.43. The minimum Gasteiger partial charge on any atom is -0.490 e. The van der Waals surface area contributed by atoms with Gasteiger partial charge in [-0.15, -0.1) is 0 Å². The Bertz CT molecular complexity index is 2140. The fourth-order valence-corrected chi connectivity index (χ4v) is 5.01. The molecule has 0 unspecified atom stereocenters. The van der Waals surface area contributed by atoms with E-state index in [-0.39, 0.29) is 41.7 Å². The van der Waals surface area contributed by atoms with Gasteiger partial charge in [-0.3, -0.25) is 14.9 Å². The second kappa shape index (κ2) is 12.1. The van der Waals surface area contributed by atoms with Gasteiger partial charge in [-0.25, -0.2) is 9.37 Å². The number of nitro benzene ring substituents is 1. The van der Waals surface area contributed by atoms with Gasteiger partial charge in [-0.05, 0) is 55.5 Å². The van der Waals surface area contributed by atoms with E-state index >= 15 is 0 Å². The molecule has 2 heterocycles. The number of ether oxygens (including phenoxy) is 2. The molecule has 4 aromatic carbocycles. The van der Waals surface area contributed by atoms with Gasteiger partial charge in [-0.2, -0.15) is 9.78 Å². The van der Waals surface area contributed by atoms with Crippen molar-refractivity contribution in [3.8, 4) is 23.1 Å². The van der Waals surface area contributed by atoms with Gasteiger partial charge in [0.2, 0.25) is 11.6 Å². The molecular weight excluding hydrogens is 635 g/mol. The summed E-state index contributed by atoms with van der Waals surface area (Å²) in [6.45, 7) is 1.64. The highest BCUT2D eigenvalue weighted by Gasteiger charge is 2.23. The average molecular weight is 657 g/mol. The third-order valence-corrected chi connectivity index (χ3v) is 7.15. The Morgan fingerprint density at radius 1 is 1.07 bits per heavy atom. The van der Waals surface area contributed by atoms with E-state index in [1.807, 2.05) is 12.1 Å². The highest BCUT2D eigenvalue weighted by molar-refractivity contribution is 9.10. The predicted octanol–water partition coefficient (Wildman–Crippen LogP) is 7.48. The lowest BCUT2D eigenvalue weighted by Gasteiger charge is -2.13. The van der Waals surface area contributed by atoms with Crippen LogP contribution < -0.4 is 15.0 Å². The predicted molar refractivity (Wildman–Crippen MR) is 167 cm³/mol. The molecule has 6 rings (SSSR count). The van der Waals surface area contributed by atoms with Crippen molar-refractivity contribution in [1.29, 1.82) is 0 Å². The van der Waals surface area contributed by atoms with E-state index in [0.717, 1.165) is 14.5 Å². The first kappa shape index (κ1) is 28.7. The second-order valence-electron chi connectivity index (χ2n) is 9.54. The summed E-state index contributed by atoms with van der Waals surface area (Å²) in [5, 5.41) is 17.6. The number of halogens is 2. The third kappa shape index (κ3) is 5.66. The van der Waals surface area contributed by atoms with E-state index in [4.69, 9.17) is 13.9 Å². The number of nitro groups is 1. The molecule has 6 aromatic rings. The number of aromatic nitrogens is 2. The zero-order valence-electron chi connectivity index (χ0n) is 23.1. The maximum Gasteiger partial charge on any atom is 0.315 e. The minimum absolute atomic E-state index is 0.0616. The van der Waals surface area contributed by atoms with E-state index in [1.54, 1.807) is 49.4 Å². The Labute approximate surface area is 257 Å². The van der Waals surface area contributed by atoms with E-state index in [2.05, 4.69) is 26.0 Å². The molecule has 0 saturated carbocycles. The molecule has 0 aliphatic carbocycles. The molecule has 44 heavy (non-hydrogen) atoms. The van der Waals surface area contributed by atoms with Gasteiger partial charge >= 0.3 is 5.69 Å². The highest BCUT2D eigenvalue weighted by atomic mass is 79.9. The van der Waals surface area contributed by atoms with Crippen molar-refractivity contribution >= 4 is 49.7 Å². The Balaban J connectivity index is 1.45. The van der Waals surface area contributed by atoms with Crippen LogP contribution in [0.5, 0.6) is 11.5 Å². The molecule has 0 saturated heterocycles. The molecule has 0 atom stereocenters. The summed E-state index contributed by atoms with van der Waals surface area (Å²) >= 11 is 3.45. The molecule has 0 radical (unpaired) electrons. The van der Waals surface area contributed by atoms with Crippen LogP contribution in [0.15, 0.2) is 104 Å². The lowest BCUT2D eigenvalue weighted by atomic mass is 10.1. The van der Waals surface area contributed by atoms with Gasteiger partial charge in [0.05, 0.1) is 28.6 Å². The fraction of sp³-hybridized carbons (Fsp3) is 0.0938. The van der Waals surface area contributed by atoms with Gasteiger partial charge < -0.3 is 13.9 Å². The molecule has 0 aliphatic heterocycles. The topological polar surface area (TPSA) is 122 Å². The molecule has 12 heteroatoms. The Morgan fingerprint density at radius 3 is 2.66 bits per heavy atom. The van der Waals surface area contributed by atoms with Gasteiger partial charge in [0, 0.05) is 27.1 Å². The van der Waals surface area contributed by atoms with Crippen LogP contribution in [0.2, 0.25) is 0 Å². The van der Waals surface area contributed by atoms with Crippen molar-refractivity contribution in [3.63, 3.8) is 0 Å². The number of benzene rings is 4. The third-order valence-electron chi connectivity index (χ3n) is 6.66. The SMILES string of the molecule is CCOc1cc(C=Nn2c(-c3cc4cc(Br)ccc4o3)nc3ccccc3c2=O)cc([N+](=O)[O-])c1OCc1ccccc1F. The summed E-state index contributed by atoms with van der Waals surface area (Å²) in [4.78, 5) is 29.8. The summed E-state index contributed by atoms with van der Waals surface area (Å²) < 4.78 is 33.5. The summed E-state index contributed by atoms with van der Waals surface area (Å²) in [6.07, 6.45) is 1.29. The van der Waals surface area contributed by atoms with E-state index in [1.165, 1.54) is 36.5 Å². The van der Waals surface area contributed by atoms with Crippen LogP contribution in [0.4, 0.5) is 10.1 Å². The number of furan rings is 1. The van der Waals surface area contributed by atoms with Crippen LogP contribution in [0.25, 0.3) is 33.5 Å². The van der Waals surface area contributed by atoms with E-state index in [9.17, 15) is 19.3 Å². The molecule has 0 bridgehead atoms. The maximum atomic E-state index is 14.2. The summed E-state index contributed by atoms with van der Waals surface area (Å²) in [7, 11) is 0. The molecule has 10 nitrogen and oxygen atoms in total. The Hall–Kier alpha value is -5.36. The van der Waals surface area contributed by atoms with Crippen molar-refractivity contribution in [2.24, 2.45) is 5.10 Å². The Kier molecular flexibility index (Phi) is 7.90. The number of hydrogen-bond acceptors (Lipinski definition) is 8. The monoisotopic (exact) mass is 656 g/mol. The number of para-hydroxylation sites is 1. The summed E-state index contributed by atoms with van der Waals surface area (Å²) in [5.41, 5.74) is 0.630. The lowest BCUT2D eigenvalue weighted by molar-refractivity contribution is -0.386. The molecule has 0 spiro atoms. The van der Waals surface area contributed by atoms with Crippen LogP contribution in [-0.2, 0) is 6.61 Å². The molecule has 0 fully saturated rings. The van der Waals surface area contributed by atoms with Crippen molar-refractivity contribution < 1.29 is 23.2 Å². The van der Waals surface area contributed by atoms with Gasteiger partial charge in [0.15, 0.2) is 11.5 Å². The first-order valence-electron chi connectivity index (χ1n) is 13.4. The largest absolute Gasteiger partial charge is 0.490 e. The summed E-state index contributed by atoms with van der Waals surface area (Å²) in [5.74, 6) is -0.153. The summed E-state index contributed by atoms with van der Waals surface area (Å²) in [6, 6.07) is 22.8. The van der Waals surface area contributed by atoms with E-state index in [0.29, 0.717) is 22.2 Å². The fourth-order valence-electron chi connectivity index (χ4n) is 4.63. The Morgan fingerprint density at radius 2 is 1.86 bits per heavy atom. The lowest BCUT2D eigenvalue weighted by Crippen LogP contribution is -2.20. The standard InChI is InChI=1S/C32H22BrFN4O6/c1-2-42-28-14-19(13-26(38(40)41)30(28)43-18-20-7-3-5-9-24(20)34)17-35-37-31(36-25-10-6-4-8-23(25)32(37)39)29-16-21-15-22(33)11-12-27(21)44-29/h3-17H,2,18H2,1H3.